The summed E-state index contributed by atoms with van der Waals surface area (Å²) in [6, 6.07) is 0.288. The van der Waals surface area contributed by atoms with E-state index >= 15 is 0 Å². The second-order valence-corrected chi connectivity index (χ2v) is 4.77. The number of carbonyl (C=O) groups excluding carboxylic acids is 1. The van der Waals surface area contributed by atoms with Gasteiger partial charge in [-0.2, -0.15) is 0 Å². The zero-order valence-electron chi connectivity index (χ0n) is 10.8. The van der Waals surface area contributed by atoms with Crippen LogP contribution in [0.3, 0.4) is 0 Å². The third-order valence-corrected chi connectivity index (χ3v) is 3.09. The van der Waals surface area contributed by atoms with Crippen molar-refractivity contribution in [3.8, 4) is 0 Å². The van der Waals surface area contributed by atoms with Gasteiger partial charge in [0.25, 0.3) is 0 Å². The summed E-state index contributed by atoms with van der Waals surface area (Å²) in [4.78, 5) is 11.6. The standard InChI is InChI=1S/C12H24N2O2.ClH/c1-9(2)16-7-6-12(15)14-11-5-3-4-10(11)8-13;/h9-11H,3-8,13H2,1-2H3,(H,14,15);1H. The van der Waals surface area contributed by atoms with E-state index in [4.69, 9.17) is 10.5 Å². The minimum atomic E-state index is 0. The molecule has 0 aromatic carbocycles. The van der Waals surface area contributed by atoms with Gasteiger partial charge >= 0.3 is 0 Å². The van der Waals surface area contributed by atoms with E-state index in [1.165, 1.54) is 6.42 Å². The highest BCUT2D eigenvalue weighted by atomic mass is 35.5. The normalized spacial score (nSPS) is 23.5. The van der Waals surface area contributed by atoms with Crippen LogP contribution in [0.25, 0.3) is 0 Å². The third kappa shape index (κ3) is 6.24. The molecular weight excluding hydrogens is 240 g/mol. The maximum Gasteiger partial charge on any atom is 0.222 e. The Balaban J connectivity index is 0.00000256. The number of carbonyl (C=O) groups is 1. The number of nitrogens with two attached hydrogens (primary N) is 1. The maximum atomic E-state index is 11.6. The van der Waals surface area contributed by atoms with Crippen molar-refractivity contribution >= 4 is 18.3 Å². The summed E-state index contributed by atoms with van der Waals surface area (Å²) in [5.41, 5.74) is 5.66. The summed E-state index contributed by atoms with van der Waals surface area (Å²) in [5.74, 6) is 0.556. The zero-order chi connectivity index (χ0) is 12.0. The van der Waals surface area contributed by atoms with Crippen LogP contribution >= 0.6 is 12.4 Å². The lowest BCUT2D eigenvalue weighted by Gasteiger charge is -2.19. The van der Waals surface area contributed by atoms with Crippen LogP contribution in [0.5, 0.6) is 0 Å². The van der Waals surface area contributed by atoms with Gasteiger partial charge in [-0.15, -0.1) is 12.4 Å². The average molecular weight is 265 g/mol. The lowest BCUT2D eigenvalue weighted by atomic mass is 10.0. The van der Waals surface area contributed by atoms with Crippen LogP contribution in [0.15, 0.2) is 0 Å². The second kappa shape index (κ2) is 8.72. The van der Waals surface area contributed by atoms with Gasteiger partial charge in [-0.05, 0) is 39.2 Å². The summed E-state index contributed by atoms with van der Waals surface area (Å²) in [6.07, 6.45) is 4.03. The van der Waals surface area contributed by atoms with Crippen molar-refractivity contribution in [2.45, 2.75) is 51.7 Å². The monoisotopic (exact) mass is 264 g/mol. The Kier molecular flexibility index (Phi) is 8.56. The summed E-state index contributed by atoms with van der Waals surface area (Å²) >= 11 is 0. The fourth-order valence-electron chi connectivity index (χ4n) is 2.18. The Bertz CT molecular complexity index is 225. The molecule has 1 rings (SSSR count). The van der Waals surface area contributed by atoms with Crippen LogP contribution in [0.1, 0.15) is 39.5 Å². The zero-order valence-corrected chi connectivity index (χ0v) is 11.6. The van der Waals surface area contributed by atoms with Crippen molar-refractivity contribution in [2.24, 2.45) is 11.7 Å². The van der Waals surface area contributed by atoms with Crippen molar-refractivity contribution in [1.82, 2.24) is 5.32 Å². The molecule has 0 radical (unpaired) electrons. The number of nitrogens with one attached hydrogen (secondary N) is 1. The number of halogens is 1. The van der Waals surface area contributed by atoms with Crippen LogP contribution < -0.4 is 11.1 Å². The predicted octanol–water partition coefficient (Wildman–Crippen LogP) is 1.47. The molecule has 0 aromatic heterocycles. The van der Waals surface area contributed by atoms with E-state index in [0.717, 1.165) is 12.8 Å². The van der Waals surface area contributed by atoms with Crippen molar-refractivity contribution in [3.05, 3.63) is 0 Å². The van der Waals surface area contributed by atoms with Crippen molar-refractivity contribution in [2.75, 3.05) is 13.2 Å². The highest BCUT2D eigenvalue weighted by molar-refractivity contribution is 5.85. The van der Waals surface area contributed by atoms with Crippen LogP contribution in [-0.2, 0) is 9.53 Å². The molecule has 1 amide bonds. The number of ether oxygens (including phenoxy) is 1. The molecule has 0 heterocycles. The van der Waals surface area contributed by atoms with E-state index in [0.29, 0.717) is 25.5 Å². The van der Waals surface area contributed by atoms with E-state index in [1.54, 1.807) is 0 Å². The van der Waals surface area contributed by atoms with E-state index < -0.39 is 0 Å². The summed E-state index contributed by atoms with van der Waals surface area (Å²) < 4.78 is 5.34. The molecule has 2 unspecified atom stereocenters. The Hall–Kier alpha value is -0.320. The van der Waals surface area contributed by atoms with Gasteiger partial charge in [-0.3, -0.25) is 4.79 Å². The molecule has 1 saturated carbocycles. The van der Waals surface area contributed by atoms with Crippen molar-refractivity contribution in [3.63, 3.8) is 0 Å². The first-order chi connectivity index (χ1) is 7.63. The van der Waals surface area contributed by atoms with Gasteiger partial charge in [0.1, 0.15) is 0 Å². The highest BCUT2D eigenvalue weighted by Crippen LogP contribution is 2.24. The van der Waals surface area contributed by atoms with Crippen LogP contribution in [0, 0.1) is 5.92 Å². The fraction of sp³-hybridized carbons (Fsp3) is 0.917. The molecule has 0 bridgehead atoms. The maximum absolute atomic E-state index is 11.6. The molecule has 1 aliphatic rings. The van der Waals surface area contributed by atoms with Gasteiger partial charge in [-0.25, -0.2) is 0 Å². The number of rotatable bonds is 6. The van der Waals surface area contributed by atoms with E-state index in [1.807, 2.05) is 13.8 Å². The smallest absolute Gasteiger partial charge is 0.222 e. The molecule has 2 atom stereocenters. The van der Waals surface area contributed by atoms with Gasteiger partial charge in [0.15, 0.2) is 0 Å². The Morgan fingerprint density at radius 3 is 2.76 bits per heavy atom. The van der Waals surface area contributed by atoms with Gasteiger partial charge < -0.3 is 15.8 Å². The highest BCUT2D eigenvalue weighted by Gasteiger charge is 2.26. The predicted molar refractivity (Wildman–Crippen MR) is 71.3 cm³/mol. The first-order valence-electron chi connectivity index (χ1n) is 6.24. The lowest BCUT2D eigenvalue weighted by Crippen LogP contribution is -2.40. The summed E-state index contributed by atoms with van der Waals surface area (Å²) in [5, 5.41) is 3.05. The first kappa shape index (κ1) is 16.7. The Morgan fingerprint density at radius 1 is 1.47 bits per heavy atom. The van der Waals surface area contributed by atoms with Gasteiger partial charge in [-0.1, -0.05) is 6.42 Å². The van der Waals surface area contributed by atoms with Crippen molar-refractivity contribution < 1.29 is 9.53 Å². The SMILES string of the molecule is CC(C)OCCC(=O)NC1CCCC1CN.Cl. The average Bonchev–Trinajstić information content (AvgIpc) is 2.64. The van der Waals surface area contributed by atoms with Gasteiger partial charge in [0.2, 0.25) is 5.91 Å². The molecule has 102 valence electrons. The molecule has 0 spiro atoms. The number of amides is 1. The lowest BCUT2D eigenvalue weighted by molar-refractivity contribution is -0.123. The van der Waals surface area contributed by atoms with Crippen molar-refractivity contribution in [1.29, 1.82) is 0 Å². The van der Waals surface area contributed by atoms with Crippen LogP contribution in [-0.4, -0.2) is 31.2 Å². The minimum absolute atomic E-state index is 0. The third-order valence-electron chi connectivity index (χ3n) is 3.09. The van der Waals surface area contributed by atoms with Crippen LogP contribution in [0.4, 0.5) is 0 Å². The first-order valence-corrected chi connectivity index (χ1v) is 6.24. The van der Waals surface area contributed by atoms with E-state index in [2.05, 4.69) is 5.32 Å². The molecule has 5 heteroatoms. The number of hydrogen-bond acceptors (Lipinski definition) is 3. The molecular formula is C12H25ClN2O2. The Morgan fingerprint density at radius 2 is 2.18 bits per heavy atom. The van der Waals surface area contributed by atoms with Gasteiger partial charge in [0, 0.05) is 12.5 Å². The summed E-state index contributed by atoms with van der Waals surface area (Å²) in [6.45, 7) is 5.12. The van der Waals surface area contributed by atoms with E-state index in [9.17, 15) is 4.79 Å². The second-order valence-electron chi connectivity index (χ2n) is 4.77. The quantitative estimate of drug-likeness (QED) is 0.764. The molecule has 17 heavy (non-hydrogen) atoms. The topological polar surface area (TPSA) is 64.3 Å². The van der Waals surface area contributed by atoms with E-state index in [-0.39, 0.29) is 30.5 Å². The molecule has 1 aliphatic carbocycles. The van der Waals surface area contributed by atoms with Crippen LogP contribution in [0.2, 0.25) is 0 Å². The van der Waals surface area contributed by atoms with Gasteiger partial charge in [0.05, 0.1) is 12.7 Å². The molecule has 4 nitrogen and oxygen atoms in total. The number of hydrogen-bond donors (Lipinski definition) is 2. The molecule has 3 N–H and O–H groups in total. The molecule has 1 fully saturated rings. The molecule has 0 aliphatic heterocycles. The fourth-order valence-corrected chi connectivity index (χ4v) is 2.18. The molecule has 0 aromatic rings. The minimum Gasteiger partial charge on any atom is -0.378 e. The molecule has 0 saturated heterocycles. The largest absolute Gasteiger partial charge is 0.378 e. The summed E-state index contributed by atoms with van der Waals surface area (Å²) in [7, 11) is 0. The Labute approximate surface area is 110 Å².